The maximum Gasteiger partial charge on any atom is 0.323 e. The van der Waals surface area contributed by atoms with Crippen molar-refractivity contribution in [3.05, 3.63) is 34.3 Å². The van der Waals surface area contributed by atoms with Crippen LogP contribution in [0.25, 0.3) is 0 Å². The van der Waals surface area contributed by atoms with Gasteiger partial charge in [0.25, 0.3) is 0 Å². The Hall–Kier alpha value is -1.36. The first-order chi connectivity index (χ1) is 9.28. The van der Waals surface area contributed by atoms with Crippen LogP contribution >= 0.6 is 15.9 Å². The molecule has 1 rings (SSSR count). The Morgan fingerprint density at radius 1 is 1.35 bits per heavy atom. The SMILES string of the molecule is CCCN(CC(=O)O)C(=O)C(C)(C)c1cccc(Br)c1. The van der Waals surface area contributed by atoms with E-state index in [-0.39, 0.29) is 12.5 Å². The van der Waals surface area contributed by atoms with Crippen molar-refractivity contribution in [3.63, 3.8) is 0 Å². The Labute approximate surface area is 127 Å². The minimum Gasteiger partial charge on any atom is -0.480 e. The van der Waals surface area contributed by atoms with Crippen LogP contribution in [0.4, 0.5) is 0 Å². The van der Waals surface area contributed by atoms with E-state index in [0.29, 0.717) is 6.54 Å². The maximum absolute atomic E-state index is 12.6. The first-order valence-electron chi connectivity index (χ1n) is 6.56. The summed E-state index contributed by atoms with van der Waals surface area (Å²) in [7, 11) is 0. The van der Waals surface area contributed by atoms with E-state index in [1.165, 1.54) is 4.90 Å². The standard InChI is InChI=1S/C15H20BrNO3/c1-4-8-17(10-13(18)19)14(20)15(2,3)11-6-5-7-12(16)9-11/h5-7,9H,4,8,10H2,1-3H3,(H,18,19). The van der Waals surface area contributed by atoms with Crippen molar-refractivity contribution in [2.75, 3.05) is 13.1 Å². The van der Waals surface area contributed by atoms with E-state index in [2.05, 4.69) is 15.9 Å². The molecule has 0 atom stereocenters. The Morgan fingerprint density at radius 3 is 2.50 bits per heavy atom. The van der Waals surface area contributed by atoms with Crippen LogP contribution in [0.3, 0.4) is 0 Å². The van der Waals surface area contributed by atoms with Gasteiger partial charge in [0.2, 0.25) is 5.91 Å². The zero-order chi connectivity index (χ0) is 15.3. The fraction of sp³-hybridized carbons (Fsp3) is 0.467. The van der Waals surface area contributed by atoms with Gasteiger partial charge in [-0.3, -0.25) is 9.59 Å². The number of carbonyl (C=O) groups excluding carboxylic acids is 1. The number of rotatable bonds is 6. The first-order valence-corrected chi connectivity index (χ1v) is 7.35. The molecule has 0 saturated carbocycles. The largest absolute Gasteiger partial charge is 0.480 e. The van der Waals surface area contributed by atoms with Gasteiger partial charge in [-0.25, -0.2) is 0 Å². The van der Waals surface area contributed by atoms with Gasteiger partial charge in [0.05, 0.1) is 5.41 Å². The van der Waals surface area contributed by atoms with Gasteiger partial charge in [0, 0.05) is 11.0 Å². The lowest BCUT2D eigenvalue weighted by Crippen LogP contribution is -2.46. The molecule has 0 bridgehead atoms. The van der Waals surface area contributed by atoms with Crippen LogP contribution in [0, 0.1) is 0 Å². The molecule has 1 amide bonds. The van der Waals surface area contributed by atoms with Gasteiger partial charge in [0.15, 0.2) is 0 Å². The number of hydrogen-bond donors (Lipinski definition) is 1. The van der Waals surface area contributed by atoms with Crippen LogP contribution in [-0.2, 0) is 15.0 Å². The molecule has 20 heavy (non-hydrogen) atoms. The second-order valence-corrected chi connectivity index (χ2v) is 6.17. The summed E-state index contributed by atoms with van der Waals surface area (Å²) in [5, 5.41) is 8.94. The smallest absolute Gasteiger partial charge is 0.323 e. The second-order valence-electron chi connectivity index (χ2n) is 5.26. The predicted molar refractivity (Wildman–Crippen MR) is 81.7 cm³/mol. The molecular weight excluding hydrogens is 322 g/mol. The first kappa shape index (κ1) is 16.7. The van der Waals surface area contributed by atoms with Crippen LogP contribution in [0.15, 0.2) is 28.7 Å². The zero-order valence-electron chi connectivity index (χ0n) is 12.0. The number of carboxylic acids is 1. The van der Waals surface area contributed by atoms with Gasteiger partial charge < -0.3 is 10.0 Å². The molecule has 0 saturated heterocycles. The Kier molecular flexibility index (Phi) is 5.74. The summed E-state index contributed by atoms with van der Waals surface area (Å²) < 4.78 is 0.899. The number of hydrogen-bond acceptors (Lipinski definition) is 2. The second kappa shape index (κ2) is 6.88. The maximum atomic E-state index is 12.6. The summed E-state index contributed by atoms with van der Waals surface area (Å²) in [6.07, 6.45) is 0.730. The number of aliphatic carboxylic acids is 1. The Morgan fingerprint density at radius 2 is 2.00 bits per heavy atom. The third-order valence-electron chi connectivity index (χ3n) is 3.19. The van der Waals surface area contributed by atoms with Crippen molar-refractivity contribution in [3.8, 4) is 0 Å². The van der Waals surface area contributed by atoms with Crippen molar-refractivity contribution in [1.29, 1.82) is 0 Å². The molecule has 0 spiro atoms. The fourth-order valence-corrected chi connectivity index (χ4v) is 2.48. The van der Waals surface area contributed by atoms with Crippen LogP contribution in [0.5, 0.6) is 0 Å². The molecule has 0 unspecified atom stereocenters. The molecule has 4 nitrogen and oxygen atoms in total. The van der Waals surface area contributed by atoms with Crippen LogP contribution in [-0.4, -0.2) is 35.0 Å². The number of amides is 1. The normalized spacial score (nSPS) is 11.2. The molecule has 0 radical (unpaired) electrons. The van der Waals surface area contributed by atoms with Crippen LogP contribution in [0.2, 0.25) is 0 Å². The summed E-state index contributed by atoms with van der Waals surface area (Å²) in [5.74, 6) is -1.16. The minimum atomic E-state index is -0.989. The highest BCUT2D eigenvalue weighted by Gasteiger charge is 2.34. The summed E-state index contributed by atoms with van der Waals surface area (Å²) >= 11 is 3.39. The van der Waals surface area contributed by atoms with Gasteiger partial charge in [-0.1, -0.05) is 35.0 Å². The van der Waals surface area contributed by atoms with Gasteiger partial charge in [-0.2, -0.15) is 0 Å². The molecule has 0 aliphatic rings. The summed E-state index contributed by atoms with van der Waals surface area (Å²) in [4.78, 5) is 25.0. The number of carbonyl (C=O) groups is 2. The van der Waals surface area contributed by atoms with E-state index in [0.717, 1.165) is 16.5 Å². The van der Waals surface area contributed by atoms with E-state index in [1.807, 2.05) is 45.0 Å². The summed E-state index contributed by atoms with van der Waals surface area (Å²) in [6.45, 7) is 5.75. The minimum absolute atomic E-state index is 0.167. The molecule has 110 valence electrons. The lowest BCUT2D eigenvalue weighted by molar-refractivity contribution is -0.146. The van der Waals surface area contributed by atoms with Gasteiger partial charge in [0.1, 0.15) is 6.54 Å². The lowest BCUT2D eigenvalue weighted by Gasteiger charge is -2.31. The zero-order valence-corrected chi connectivity index (χ0v) is 13.6. The number of carboxylic acid groups (broad SMARTS) is 1. The molecule has 0 aliphatic heterocycles. The van der Waals surface area contributed by atoms with Crippen molar-refractivity contribution < 1.29 is 14.7 Å². The van der Waals surface area contributed by atoms with Crippen molar-refractivity contribution >= 4 is 27.8 Å². The van der Waals surface area contributed by atoms with Gasteiger partial charge in [-0.05, 0) is 38.0 Å². The monoisotopic (exact) mass is 341 g/mol. The van der Waals surface area contributed by atoms with Gasteiger partial charge in [-0.15, -0.1) is 0 Å². The number of nitrogens with zero attached hydrogens (tertiary/aromatic N) is 1. The predicted octanol–water partition coefficient (Wildman–Crippen LogP) is 3.05. The lowest BCUT2D eigenvalue weighted by atomic mass is 9.83. The van der Waals surface area contributed by atoms with E-state index >= 15 is 0 Å². The Bertz CT molecular complexity index is 500. The molecule has 0 fully saturated rings. The molecule has 0 aromatic heterocycles. The van der Waals surface area contributed by atoms with Crippen molar-refractivity contribution in [1.82, 2.24) is 4.90 Å². The highest BCUT2D eigenvalue weighted by molar-refractivity contribution is 9.10. The van der Waals surface area contributed by atoms with E-state index < -0.39 is 11.4 Å². The molecule has 1 N–H and O–H groups in total. The fourth-order valence-electron chi connectivity index (χ4n) is 2.08. The quantitative estimate of drug-likeness (QED) is 0.864. The number of halogens is 1. The van der Waals surface area contributed by atoms with Gasteiger partial charge >= 0.3 is 5.97 Å². The van der Waals surface area contributed by atoms with Crippen molar-refractivity contribution in [2.24, 2.45) is 0 Å². The molecular formula is C15H20BrNO3. The highest BCUT2D eigenvalue weighted by atomic mass is 79.9. The molecule has 5 heteroatoms. The van der Waals surface area contributed by atoms with E-state index in [9.17, 15) is 9.59 Å². The third-order valence-corrected chi connectivity index (χ3v) is 3.68. The molecule has 1 aromatic rings. The summed E-state index contributed by atoms with van der Waals surface area (Å²) in [5.41, 5.74) is 0.109. The molecule has 0 aliphatic carbocycles. The average Bonchev–Trinajstić information content (AvgIpc) is 2.36. The Balaban J connectivity index is 3.04. The topological polar surface area (TPSA) is 57.6 Å². The molecule has 0 heterocycles. The average molecular weight is 342 g/mol. The third kappa shape index (κ3) is 4.07. The summed E-state index contributed by atoms with van der Waals surface area (Å²) in [6, 6.07) is 7.54. The number of benzene rings is 1. The molecule has 1 aromatic carbocycles. The highest BCUT2D eigenvalue weighted by Crippen LogP contribution is 2.28. The van der Waals surface area contributed by atoms with Crippen molar-refractivity contribution in [2.45, 2.75) is 32.6 Å². The van der Waals surface area contributed by atoms with E-state index in [1.54, 1.807) is 0 Å². The van der Waals surface area contributed by atoms with Crippen LogP contribution < -0.4 is 0 Å². The van der Waals surface area contributed by atoms with E-state index in [4.69, 9.17) is 5.11 Å². The van der Waals surface area contributed by atoms with Crippen LogP contribution in [0.1, 0.15) is 32.8 Å².